The van der Waals surface area contributed by atoms with E-state index < -0.39 is 0 Å². The molecular weight excluding hydrogens is 198 g/mol. The Morgan fingerprint density at radius 2 is 1.81 bits per heavy atom. The highest BCUT2D eigenvalue weighted by atomic mass is 15.1. The predicted molar refractivity (Wildman–Crippen MR) is 71.0 cm³/mol. The number of likely N-dealkylation sites (N-methyl/N-ethyl adjacent to an activating group) is 1. The first-order valence-corrected chi connectivity index (χ1v) is 5.77. The average Bonchev–Trinajstić information content (AvgIpc) is 2.27. The van der Waals surface area contributed by atoms with Crippen LogP contribution in [0.25, 0.3) is 0 Å². The molecule has 1 unspecified atom stereocenters. The highest BCUT2D eigenvalue weighted by molar-refractivity contribution is 5.45. The van der Waals surface area contributed by atoms with Gasteiger partial charge in [-0.15, -0.1) is 0 Å². The zero-order valence-electron chi connectivity index (χ0n) is 10.7. The third-order valence-corrected chi connectivity index (χ3v) is 2.62. The predicted octanol–water partition coefficient (Wildman–Crippen LogP) is 1.45. The smallest absolute Gasteiger partial charge is 0.0361 e. The molecule has 0 aromatic heterocycles. The van der Waals surface area contributed by atoms with Crippen LogP contribution < -0.4 is 15.5 Å². The molecule has 0 aliphatic rings. The molecule has 3 nitrogen and oxygen atoms in total. The Morgan fingerprint density at radius 3 is 2.31 bits per heavy atom. The van der Waals surface area contributed by atoms with E-state index in [1.54, 1.807) is 0 Å². The van der Waals surface area contributed by atoms with Crippen LogP contribution in [0.3, 0.4) is 0 Å². The molecule has 1 aromatic rings. The SMILES string of the molecule is CNCC(C)NCc1ccc(N(C)C)cc1. The molecule has 1 aromatic carbocycles. The van der Waals surface area contributed by atoms with Gasteiger partial charge >= 0.3 is 0 Å². The highest BCUT2D eigenvalue weighted by Crippen LogP contribution is 2.11. The maximum absolute atomic E-state index is 3.47. The lowest BCUT2D eigenvalue weighted by Gasteiger charge is -2.15. The summed E-state index contributed by atoms with van der Waals surface area (Å²) in [6.45, 7) is 4.11. The number of anilines is 1. The fourth-order valence-corrected chi connectivity index (χ4v) is 1.58. The lowest BCUT2D eigenvalue weighted by atomic mass is 10.2. The van der Waals surface area contributed by atoms with Crippen LogP contribution in [-0.2, 0) is 6.54 Å². The van der Waals surface area contributed by atoms with Gasteiger partial charge in [-0.1, -0.05) is 12.1 Å². The fraction of sp³-hybridized carbons (Fsp3) is 0.538. The first kappa shape index (κ1) is 13.0. The average molecular weight is 221 g/mol. The van der Waals surface area contributed by atoms with Gasteiger partial charge in [0, 0.05) is 38.9 Å². The summed E-state index contributed by atoms with van der Waals surface area (Å²) in [4.78, 5) is 2.11. The van der Waals surface area contributed by atoms with Crippen LogP contribution >= 0.6 is 0 Å². The molecule has 16 heavy (non-hydrogen) atoms. The van der Waals surface area contributed by atoms with Gasteiger partial charge in [0.25, 0.3) is 0 Å². The van der Waals surface area contributed by atoms with Gasteiger partial charge in [0.1, 0.15) is 0 Å². The van der Waals surface area contributed by atoms with Gasteiger partial charge in [0.2, 0.25) is 0 Å². The molecular formula is C13H23N3. The summed E-state index contributed by atoms with van der Waals surface area (Å²) in [6.07, 6.45) is 0. The minimum atomic E-state index is 0.499. The largest absolute Gasteiger partial charge is 0.378 e. The molecule has 1 atom stereocenters. The number of benzene rings is 1. The Hall–Kier alpha value is -1.06. The van der Waals surface area contributed by atoms with Crippen molar-refractivity contribution in [2.24, 2.45) is 0 Å². The second-order valence-electron chi connectivity index (χ2n) is 4.40. The molecule has 0 aliphatic carbocycles. The third kappa shape index (κ3) is 4.21. The van der Waals surface area contributed by atoms with Gasteiger partial charge in [0.05, 0.1) is 0 Å². The van der Waals surface area contributed by atoms with E-state index in [2.05, 4.69) is 60.8 Å². The first-order chi connectivity index (χ1) is 7.63. The third-order valence-electron chi connectivity index (χ3n) is 2.62. The van der Waals surface area contributed by atoms with Crippen molar-refractivity contribution in [1.82, 2.24) is 10.6 Å². The van der Waals surface area contributed by atoms with Crippen molar-refractivity contribution in [2.75, 3.05) is 32.6 Å². The summed E-state index contributed by atoms with van der Waals surface area (Å²) in [5.74, 6) is 0. The monoisotopic (exact) mass is 221 g/mol. The number of hydrogen-bond donors (Lipinski definition) is 2. The van der Waals surface area contributed by atoms with E-state index in [4.69, 9.17) is 0 Å². The van der Waals surface area contributed by atoms with Crippen LogP contribution in [0.15, 0.2) is 24.3 Å². The van der Waals surface area contributed by atoms with Gasteiger partial charge in [-0.2, -0.15) is 0 Å². The topological polar surface area (TPSA) is 27.3 Å². The standard InChI is InChI=1S/C13H23N3/c1-11(9-14-2)15-10-12-5-7-13(8-6-12)16(3)4/h5-8,11,14-15H,9-10H2,1-4H3. The van der Waals surface area contributed by atoms with Gasteiger partial charge in [0.15, 0.2) is 0 Å². The molecule has 0 bridgehead atoms. The van der Waals surface area contributed by atoms with Crippen LogP contribution in [0, 0.1) is 0 Å². The second kappa shape index (κ2) is 6.51. The van der Waals surface area contributed by atoms with Crippen LogP contribution in [0.2, 0.25) is 0 Å². The van der Waals surface area contributed by atoms with Gasteiger partial charge in [-0.3, -0.25) is 0 Å². The molecule has 3 heteroatoms. The summed E-state index contributed by atoms with van der Waals surface area (Å²) in [5.41, 5.74) is 2.57. The van der Waals surface area contributed by atoms with E-state index in [-0.39, 0.29) is 0 Å². The maximum Gasteiger partial charge on any atom is 0.0361 e. The number of nitrogens with one attached hydrogen (secondary N) is 2. The molecule has 0 amide bonds. The van der Waals surface area contributed by atoms with E-state index >= 15 is 0 Å². The normalized spacial score (nSPS) is 12.5. The number of nitrogens with zero attached hydrogens (tertiary/aromatic N) is 1. The quantitative estimate of drug-likeness (QED) is 0.761. The minimum Gasteiger partial charge on any atom is -0.378 e. The number of hydrogen-bond acceptors (Lipinski definition) is 3. The van der Waals surface area contributed by atoms with Crippen LogP contribution in [-0.4, -0.2) is 33.7 Å². The van der Waals surface area contributed by atoms with E-state index in [9.17, 15) is 0 Å². The van der Waals surface area contributed by atoms with Crippen LogP contribution in [0.5, 0.6) is 0 Å². The minimum absolute atomic E-state index is 0.499. The maximum atomic E-state index is 3.47. The fourth-order valence-electron chi connectivity index (χ4n) is 1.58. The molecule has 0 saturated heterocycles. The van der Waals surface area contributed by atoms with Gasteiger partial charge in [-0.05, 0) is 31.7 Å². The molecule has 0 fully saturated rings. The first-order valence-electron chi connectivity index (χ1n) is 5.77. The Morgan fingerprint density at radius 1 is 1.19 bits per heavy atom. The van der Waals surface area contributed by atoms with Crippen LogP contribution in [0.1, 0.15) is 12.5 Å². The highest BCUT2D eigenvalue weighted by Gasteiger charge is 2.00. The van der Waals surface area contributed by atoms with Gasteiger partial charge in [-0.25, -0.2) is 0 Å². The lowest BCUT2D eigenvalue weighted by molar-refractivity contribution is 0.523. The van der Waals surface area contributed by atoms with Crippen molar-refractivity contribution in [2.45, 2.75) is 19.5 Å². The van der Waals surface area contributed by atoms with Crippen molar-refractivity contribution >= 4 is 5.69 Å². The number of rotatable bonds is 6. The Labute approximate surface area is 98.8 Å². The summed E-state index contributed by atoms with van der Waals surface area (Å²) in [5, 5.41) is 6.63. The molecule has 2 N–H and O–H groups in total. The van der Waals surface area contributed by atoms with E-state index in [0.717, 1.165) is 13.1 Å². The summed E-state index contributed by atoms with van der Waals surface area (Å²) >= 11 is 0. The van der Waals surface area contributed by atoms with E-state index in [0.29, 0.717) is 6.04 Å². The summed E-state index contributed by atoms with van der Waals surface area (Å²) in [7, 11) is 6.09. The zero-order chi connectivity index (χ0) is 12.0. The summed E-state index contributed by atoms with van der Waals surface area (Å²) < 4.78 is 0. The van der Waals surface area contributed by atoms with Crippen LogP contribution in [0.4, 0.5) is 5.69 Å². The molecule has 0 heterocycles. The molecule has 90 valence electrons. The lowest BCUT2D eigenvalue weighted by Crippen LogP contribution is -2.34. The van der Waals surface area contributed by atoms with Crippen molar-refractivity contribution in [3.05, 3.63) is 29.8 Å². The van der Waals surface area contributed by atoms with Crippen molar-refractivity contribution < 1.29 is 0 Å². The molecule has 0 radical (unpaired) electrons. The Kier molecular flexibility index (Phi) is 5.29. The Bertz CT molecular complexity index is 293. The summed E-state index contributed by atoms with van der Waals surface area (Å²) in [6, 6.07) is 9.15. The molecule has 1 rings (SSSR count). The van der Waals surface area contributed by atoms with Gasteiger partial charge < -0.3 is 15.5 Å². The second-order valence-corrected chi connectivity index (χ2v) is 4.40. The van der Waals surface area contributed by atoms with E-state index in [1.807, 2.05) is 7.05 Å². The Balaban J connectivity index is 2.43. The zero-order valence-corrected chi connectivity index (χ0v) is 10.7. The van der Waals surface area contributed by atoms with Crippen molar-refractivity contribution in [3.63, 3.8) is 0 Å². The molecule has 0 spiro atoms. The van der Waals surface area contributed by atoms with E-state index in [1.165, 1.54) is 11.3 Å². The van der Waals surface area contributed by atoms with Crippen molar-refractivity contribution in [1.29, 1.82) is 0 Å². The molecule has 0 saturated carbocycles. The van der Waals surface area contributed by atoms with Crippen molar-refractivity contribution in [3.8, 4) is 0 Å². The molecule has 0 aliphatic heterocycles.